The normalized spacial score (nSPS) is 11.0. The van der Waals surface area contributed by atoms with Gasteiger partial charge < -0.3 is 19.8 Å². The van der Waals surface area contributed by atoms with E-state index in [1.54, 1.807) is 4.57 Å². The fourth-order valence-corrected chi connectivity index (χ4v) is 2.84. The van der Waals surface area contributed by atoms with E-state index in [1.165, 1.54) is 18.7 Å². The summed E-state index contributed by atoms with van der Waals surface area (Å²) in [6.07, 6.45) is 0.609. The molecule has 0 radical (unpaired) electrons. The molecule has 3 aromatic rings. The van der Waals surface area contributed by atoms with E-state index in [1.807, 2.05) is 30.3 Å². The van der Waals surface area contributed by atoms with Gasteiger partial charge in [0.05, 0.1) is 12.5 Å². The number of carbonyl (C=O) groups excluding carboxylic acids is 1. The highest BCUT2D eigenvalue weighted by molar-refractivity contribution is 5.76. The second kappa shape index (κ2) is 6.87. The van der Waals surface area contributed by atoms with E-state index in [2.05, 4.69) is 10.3 Å². The number of hydrogen-bond acceptors (Lipinski definition) is 6. The number of nitrogens with one attached hydrogen (secondary N) is 1. The molecule has 26 heavy (non-hydrogen) atoms. The zero-order valence-electron chi connectivity index (χ0n) is 14.4. The number of aryl methyl sites for hydroxylation is 3. The van der Waals surface area contributed by atoms with Gasteiger partial charge in [-0.2, -0.15) is 4.98 Å². The highest BCUT2D eigenvalue weighted by atomic mass is 16.4. The maximum atomic E-state index is 12.6. The first-order valence-corrected chi connectivity index (χ1v) is 8.04. The lowest BCUT2D eigenvalue weighted by Gasteiger charge is -2.11. The van der Waals surface area contributed by atoms with Crippen molar-refractivity contribution < 1.29 is 9.90 Å². The van der Waals surface area contributed by atoms with Crippen LogP contribution in [0.4, 0.5) is 5.95 Å². The SMILES string of the molecule is Cn1c(=O)c2c(nc(NCC(=O)[O-])n2CCc2ccccc2)n(C)c1=O. The van der Waals surface area contributed by atoms with Crippen LogP contribution in [0.25, 0.3) is 11.2 Å². The van der Waals surface area contributed by atoms with Crippen LogP contribution < -0.4 is 21.7 Å². The minimum atomic E-state index is -1.30. The molecule has 3 rings (SSSR count). The third-order valence-electron chi connectivity index (χ3n) is 4.21. The molecule has 2 heterocycles. The largest absolute Gasteiger partial charge is 0.548 e. The number of nitrogens with zero attached hydrogens (tertiary/aromatic N) is 4. The molecule has 9 heteroatoms. The Morgan fingerprint density at radius 3 is 2.50 bits per heavy atom. The molecule has 0 fully saturated rings. The molecule has 1 N–H and O–H groups in total. The standard InChI is InChI=1S/C17H19N5O4/c1-20-14-13(15(25)21(2)17(20)26)22(16(19-14)18-10-12(23)24)9-8-11-6-4-3-5-7-11/h3-7H,8-10H2,1-2H3,(H,18,19)(H,23,24)/p-1. The van der Waals surface area contributed by atoms with Crippen LogP contribution in [0.1, 0.15) is 5.56 Å². The van der Waals surface area contributed by atoms with Crippen LogP contribution in [0, 0.1) is 0 Å². The summed E-state index contributed by atoms with van der Waals surface area (Å²) in [5, 5.41) is 13.4. The minimum Gasteiger partial charge on any atom is -0.548 e. The molecular formula is C17H18N5O4-. The molecule has 9 nitrogen and oxygen atoms in total. The van der Waals surface area contributed by atoms with Gasteiger partial charge in [-0.05, 0) is 12.0 Å². The van der Waals surface area contributed by atoms with Gasteiger partial charge in [0.15, 0.2) is 11.2 Å². The molecule has 0 saturated carbocycles. The first-order chi connectivity index (χ1) is 12.4. The molecule has 0 saturated heterocycles. The van der Waals surface area contributed by atoms with Crippen LogP contribution in [-0.2, 0) is 31.9 Å². The molecule has 0 atom stereocenters. The maximum absolute atomic E-state index is 12.6. The zero-order valence-corrected chi connectivity index (χ0v) is 14.4. The lowest BCUT2D eigenvalue weighted by Crippen LogP contribution is -2.37. The maximum Gasteiger partial charge on any atom is 0.332 e. The van der Waals surface area contributed by atoms with Crippen molar-refractivity contribution in [1.29, 1.82) is 0 Å². The van der Waals surface area contributed by atoms with Crippen molar-refractivity contribution in [1.82, 2.24) is 18.7 Å². The van der Waals surface area contributed by atoms with Crippen LogP contribution in [0.3, 0.4) is 0 Å². The summed E-state index contributed by atoms with van der Waals surface area (Å²) in [4.78, 5) is 39.8. The van der Waals surface area contributed by atoms with Gasteiger partial charge in [0, 0.05) is 20.6 Å². The van der Waals surface area contributed by atoms with Gasteiger partial charge in [-0.1, -0.05) is 30.3 Å². The highest BCUT2D eigenvalue weighted by Crippen LogP contribution is 2.16. The fraction of sp³-hybridized carbons (Fsp3) is 0.294. The molecule has 1 aromatic carbocycles. The number of benzene rings is 1. The monoisotopic (exact) mass is 356 g/mol. The summed E-state index contributed by atoms with van der Waals surface area (Å²) in [7, 11) is 2.91. The number of fused-ring (bicyclic) bond motifs is 1. The van der Waals surface area contributed by atoms with Crippen molar-refractivity contribution in [2.45, 2.75) is 13.0 Å². The fourth-order valence-electron chi connectivity index (χ4n) is 2.84. The molecule has 136 valence electrons. The van der Waals surface area contributed by atoms with Crippen LogP contribution in [0.5, 0.6) is 0 Å². The van der Waals surface area contributed by atoms with Gasteiger partial charge in [-0.3, -0.25) is 13.9 Å². The third kappa shape index (κ3) is 3.10. The minimum absolute atomic E-state index is 0.201. The number of rotatable bonds is 6. The number of anilines is 1. The topological polar surface area (TPSA) is 114 Å². The van der Waals surface area contributed by atoms with Gasteiger partial charge >= 0.3 is 5.69 Å². The molecule has 0 spiro atoms. The summed E-state index contributed by atoms with van der Waals surface area (Å²) in [5.41, 5.74) is 0.520. The Balaban J connectivity index is 2.13. The second-order valence-corrected chi connectivity index (χ2v) is 5.93. The van der Waals surface area contributed by atoms with Crippen LogP contribution in [-0.4, -0.2) is 31.2 Å². The first-order valence-electron chi connectivity index (χ1n) is 8.04. The Morgan fingerprint density at radius 2 is 1.85 bits per heavy atom. The molecule has 2 aromatic heterocycles. The van der Waals surface area contributed by atoms with E-state index in [4.69, 9.17) is 0 Å². The Morgan fingerprint density at radius 1 is 1.15 bits per heavy atom. The molecule has 0 aliphatic carbocycles. The van der Waals surface area contributed by atoms with Crippen molar-refractivity contribution in [2.24, 2.45) is 14.1 Å². The van der Waals surface area contributed by atoms with E-state index in [0.717, 1.165) is 10.1 Å². The van der Waals surface area contributed by atoms with Gasteiger partial charge in [0.2, 0.25) is 5.95 Å². The molecule has 0 amide bonds. The quantitative estimate of drug-likeness (QED) is 0.596. The Kier molecular flexibility index (Phi) is 4.61. The lowest BCUT2D eigenvalue weighted by atomic mass is 10.1. The van der Waals surface area contributed by atoms with Crippen molar-refractivity contribution in [3.63, 3.8) is 0 Å². The van der Waals surface area contributed by atoms with Gasteiger partial charge in [-0.15, -0.1) is 0 Å². The molecule has 0 aliphatic rings. The first kappa shape index (κ1) is 17.5. The lowest BCUT2D eigenvalue weighted by molar-refractivity contribution is -0.302. The molecule has 0 aliphatic heterocycles. The second-order valence-electron chi connectivity index (χ2n) is 5.93. The third-order valence-corrected chi connectivity index (χ3v) is 4.21. The van der Waals surface area contributed by atoms with Crippen molar-refractivity contribution >= 4 is 23.1 Å². The molecular weight excluding hydrogens is 338 g/mol. The predicted molar refractivity (Wildman–Crippen MR) is 93.9 cm³/mol. The number of carbonyl (C=O) groups is 1. The van der Waals surface area contributed by atoms with Gasteiger partial charge in [0.1, 0.15) is 0 Å². The Hall–Kier alpha value is -3.36. The Labute approximate surface area is 148 Å². The highest BCUT2D eigenvalue weighted by Gasteiger charge is 2.18. The molecule has 0 bridgehead atoms. The van der Waals surface area contributed by atoms with Crippen LogP contribution in [0.2, 0.25) is 0 Å². The number of hydrogen-bond donors (Lipinski definition) is 1. The summed E-state index contributed by atoms with van der Waals surface area (Å²) in [6, 6.07) is 9.66. The van der Waals surface area contributed by atoms with Gasteiger partial charge in [0.25, 0.3) is 5.56 Å². The zero-order chi connectivity index (χ0) is 18.8. The summed E-state index contributed by atoms with van der Waals surface area (Å²) in [6.45, 7) is -0.0632. The average molecular weight is 356 g/mol. The van der Waals surface area contributed by atoms with Crippen molar-refractivity contribution in [3.8, 4) is 0 Å². The summed E-state index contributed by atoms with van der Waals surface area (Å²) >= 11 is 0. The van der Waals surface area contributed by atoms with E-state index in [-0.39, 0.29) is 17.1 Å². The smallest absolute Gasteiger partial charge is 0.332 e. The number of carboxylic acid groups (broad SMARTS) is 1. The van der Waals surface area contributed by atoms with Crippen molar-refractivity contribution in [3.05, 3.63) is 56.7 Å². The predicted octanol–water partition coefficient (Wildman–Crippen LogP) is -1.16. The Bertz CT molecular complexity index is 1080. The average Bonchev–Trinajstić information content (AvgIpc) is 3.00. The van der Waals surface area contributed by atoms with Crippen LogP contribution in [0.15, 0.2) is 39.9 Å². The molecule has 0 unspecified atom stereocenters. The van der Waals surface area contributed by atoms with Gasteiger partial charge in [-0.25, -0.2) is 4.79 Å². The number of aromatic nitrogens is 4. The number of carboxylic acids is 1. The number of aliphatic carboxylic acids is 1. The summed E-state index contributed by atoms with van der Waals surface area (Å²) < 4.78 is 3.87. The van der Waals surface area contributed by atoms with Crippen LogP contribution >= 0.6 is 0 Å². The van der Waals surface area contributed by atoms with E-state index >= 15 is 0 Å². The van der Waals surface area contributed by atoms with Crippen molar-refractivity contribution in [2.75, 3.05) is 11.9 Å². The van der Waals surface area contributed by atoms with E-state index in [9.17, 15) is 19.5 Å². The van der Waals surface area contributed by atoms with E-state index in [0.29, 0.717) is 13.0 Å². The van der Waals surface area contributed by atoms with E-state index < -0.39 is 23.8 Å². The summed E-state index contributed by atoms with van der Waals surface area (Å²) in [5.74, 6) is -1.09. The number of imidazole rings is 1.